The van der Waals surface area contributed by atoms with Gasteiger partial charge in [-0.05, 0) is 30.3 Å². The largest absolute Gasteiger partial charge is 0.418 e. The van der Waals surface area contributed by atoms with Crippen LogP contribution in [0.1, 0.15) is 16.1 Å². The Bertz CT molecular complexity index is 1190. The number of hydrogen-bond donors (Lipinski definition) is 1. The third kappa shape index (κ3) is 4.38. The number of carbonyl (C=O) groups excluding carboxylic acids is 1. The molecule has 1 aromatic heterocycles. The van der Waals surface area contributed by atoms with Crippen LogP contribution in [-0.2, 0) is 16.2 Å². The van der Waals surface area contributed by atoms with Gasteiger partial charge >= 0.3 is 6.18 Å². The fraction of sp³-hybridized carbons (Fsp3) is 0.0625. The van der Waals surface area contributed by atoms with Crippen LogP contribution < -0.4 is 4.72 Å². The number of hydrogen-bond acceptors (Lipinski definition) is 5. The molecule has 0 radical (unpaired) electrons. The Morgan fingerprint density at radius 3 is 2.48 bits per heavy atom. The molecule has 0 saturated carbocycles. The molecule has 0 fully saturated rings. The summed E-state index contributed by atoms with van der Waals surface area (Å²) in [5, 5.41) is 6.64. The lowest BCUT2D eigenvalue weighted by molar-refractivity contribution is -0.137. The Morgan fingerprint density at radius 2 is 1.83 bits per heavy atom. The number of aromatic nitrogens is 3. The predicted molar refractivity (Wildman–Crippen MR) is 92.4 cm³/mol. The molecule has 1 N–H and O–H groups in total. The van der Waals surface area contributed by atoms with Crippen molar-refractivity contribution in [2.75, 3.05) is 0 Å². The molecule has 1 heterocycles. The molecule has 29 heavy (non-hydrogen) atoms. The number of carbonyl (C=O) groups is 1. The monoisotopic (exact) mass is 448 g/mol. The first kappa shape index (κ1) is 20.7. The molecule has 0 aliphatic rings. The minimum atomic E-state index is -4.78. The van der Waals surface area contributed by atoms with Crippen molar-refractivity contribution < 1.29 is 30.8 Å². The minimum Gasteiger partial charge on any atom is -0.266 e. The van der Waals surface area contributed by atoms with Crippen LogP contribution in [0.5, 0.6) is 0 Å². The van der Waals surface area contributed by atoms with Gasteiger partial charge in [0.05, 0.1) is 17.4 Å². The molecule has 0 bridgehead atoms. The first-order valence-electron chi connectivity index (χ1n) is 7.60. The zero-order chi connectivity index (χ0) is 21.4. The highest BCUT2D eigenvalue weighted by Gasteiger charge is 2.35. The molecule has 3 aromatic rings. The van der Waals surface area contributed by atoms with Crippen LogP contribution in [0.3, 0.4) is 0 Å². The average molecular weight is 449 g/mol. The maximum atomic E-state index is 13.7. The zero-order valence-corrected chi connectivity index (χ0v) is 15.6. The maximum Gasteiger partial charge on any atom is 0.418 e. The van der Waals surface area contributed by atoms with E-state index < -0.39 is 49.8 Å². The van der Waals surface area contributed by atoms with Crippen LogP contribution in [0.15, 0.2) is 53.6 Å². The van der Waals surface area contributed by atoms with E-state index in [1.54, 1.807) is 4.72 Å². The summed E-state index contributed by atoms with van der Waals surface area (Å²) in [4.78, 5) is 11.4. The van der Waals surface area contributed by atoms with Gasteiger partial charge in [-0.1, -0.05) is 28.9 Å². The first-order chi connectivity index (χ1) is 13.5. The number of rotatable bonds is 4. The third-order valence-corrected chi connectivity index (χ3v) is 5.19. The fourth-order valence-corrected chi connectivity index (χ4v) is 3.53. The lowest BCUT2D eigenvalue weighted by Gasteiger charge is -2.12. The third-order valence-electron chi connectivity index (χ3n) is 3.59. The van der Waals surface area contributed by atoms with E-state index in [9.17, 15) is 30.8 Å². The van der Waals surface area contributed by atoms with Gasteiger partial charge in [-0.25, -0.2) is 22.2 Å². The van der Waals surface area contributed by atoms with E-state index in [4.69, 9.17) is 11.6 Å². The number of sulfonamides is 1. The quantitative estimate of drug-likeness (QED) is 0.619. The van der Waals surface area contributed by atoms with Gasteiger partial charge < -0.3 is 0 Å². The molecular weight excluding hydrogens is 440 g/mol. The van der Waals surface area contributed by atoms with Gasteiger partial charge in [-0.15, -0.1) is 5.10 Å². The number of nitrogens with zero attached hydrogens (tertiary/aromatic N) is 3. The summed E-state index contributed by atoms with van der Waals surface area (Å²) in [6, 6.07) is 7.18. The highest BCUT2D eigenvalue weighted by molar-refractivity contribution is 7.90. The van der Waals surface area contributed by atoms with Crippen molar-refractivity contribution >= 4 is 27.5 Å². The summed E-state index contributed by atoms with van der Waals surface area (Å²) in [5.41, 5.74) is -2.22. The highest BCUT2D eigenvalue weighted by Crippen LogP contribution is 2.35. The Morgan fingerprint density at radius 1 is 1.14 bits per heavy atom. The molecule has 1 amide bonds. The van der Waals surface area contributed by atoms with Crippen molar-refractivity contribution in [3.8, 4) is 5.69 Å². The van der Waals surface area contributed by atoms with Crippen molar-refractivity contribution in [3.05, 3.63) is 70.8 Å². The van der Waals surface area contributed by atoms with Gasteiger partial charge in [-0.2, -0.15) is 13.2 Å². The summed E-state index contributed by atoms with van der Waals surface area (Å²) in [5.74, 6) is -2.39. The minimum absolute atomic E-state index is 0.171. The lowest BCUT2D eigenvalue weighted by Crippen LogP contribution is -2.31. The SMILES string of the molecule is O=C(NS(=O)(=O)c1ccccc1F)c1cn(-c2ccc(Cl)cc2C(F)(F)F)nn1. The molecule has 2 aromatic carbocycles. The average Bonchev–Trinajstić information content (AvgIpc) is 3.11. The molecule has 0 spiro atoms. The van der Waals surface area contributed by atoms with Crippen molar-refractivity contribution in [1.82, 2.24) is 19.7 Å². The van der Waals surface area contributed by atoms with Crippen LogP contribution in [0.4, 0.5) is 17.6 Å². The number of amides is 1. The Kier molecular flexibility index (Phi) is 5.32. The number of alkyl halides is 3. The van der Waals surface area contributed by atoms with E-state index in [0.717, 1.165) is 24.4 Å². The van der Waals surface area contributed by atoms with E-state index >= 15 is 0 Å². The van der Waals surface area contributed by atoms with Crippen molar-refractivity contribution in [2.24, 2.45) is 0 Å². The molecular formula is C16H9ClF4N4O3S. The van der Waals surface area contributed by atoms with E-state index in [1.807, 2.05) is 0 Å². The summed E-state index contributed by atoms with van der Waals surface area (Å²) in [6.45, 7) is 0. The molecule has 0 aliphatic heterocycles. The summed E-state index contributed by atoms with van der Waals surface area (Å²) < 4.78 is 79.8. The van der Waals surface area contributed by atoms with Crippen LogP contribution >= 0.6 is 11.6 Å². The second-order valence-corrected chi connectivity index (χ2v) is 7.66. The molecule has 7 nitrogen and oxygen atoms in total. The molecule has 152 valence electrons. The summed E-state index contributed by atoms with van der Waals surface area (Å²) in [6.07, 6.45) is -3.98. The Hall–Kier alpha value is -2.99. The van der Waals surface area contributed by atoms with Gasteiger partial charge in [0.1, 0.15) is 10.7 Å². The van der Waals surface area contributed by atoms with Gasteiger partial charge in [0.25, 0.3) is 15.9 Å². The summed E-state index contributed by atoms with van der Waals surface area (Å²) >= 11 is 5.60. The maximum absolute atomic E-state index is 13.7. The molecule has 0 atom stereocenters. The van der Waals surface area contributed by atoms with Crippen LogP contribution in [0.25, 0.3) is 5.69 Å². The summed E-state index contributed by atoms with van der Waals surface area (Å²) in [7, 11) is -4.58. The normalized spacial score (nSPS) is 12.0. The Labute approximate surface area is 166 Å². The smallest absolute Gasteiger partial charge is 0.266 e. The van der Waals surface area contributed by atoms with E-state index in [2.05, 4.69) is 10.3 Å². The first-order valence-corrected chi connectivity index (χ1v) is 9.46. The van der Waals surface area contributed by atoms with Crippen LogP contribution in [0.2, 0.25) is 5.02 Å². The van der Waals surface area contributed by atoms with Crippen LogP contribution in [0, 0.1) is 5.82 Å². The number of benzene rings is 2. The van der Waals surface area contributed by atoms with E-state index in [1.165, 1.54) is 18.2 Å². The van der Waals surface area contributed by atoms with Crippen LogP contribution in [-0.4, -0.2) is 29.3 Å². The van der Waals surface area contributed by atoms with Crippen molar-refractivity contribution in [2.45, 2.75) is 11.1 Å². The van der Waals surface area contributed by atoms with Gasteiger partial charge in [-0.3, -0.25) is 4.79 Å². The second kappa shape index (κ2) is 7.44. The number of nitrogens with one attached hydrogen (secondary N) is 1. The molecule has 13 heteroatoms. The predicted octanol–water partition coefficient (Wildman–Crippen LogP) is 3.20. The fourth-order valence-electron chi connectivity index (χ4n) is 2.31. The molecule has 0 aliphatic carbocycles. The van der Waals surface area contributed by atoms with Crippen molar-refractivity contribution in [1.29, 1.82) is 0 Å². The molecule has 0 saturated heterocycles. The van der Waals surface area contributed by atoms with Gasteiger partial charge in [0.2, 0.25) is 0 Å². The van der Waals surface area contributed by atoms with Gasteiger partial charge in [0.15, 0.2) is 5.69 Å². The zero-order valence-electron chi connectivity index (χ0n) is 14.0. The molecule has 0 unspecified atom stereocenters. The number of halogens is 5. The second-order valence-electron chi connectivity index (χ2n) is 5.57. The van der Waals surface area contributed by atoms with Gasteiger partial charge in [0, 0.05) is 5.02 Å². The highest BCUT2D eigenvalue weighted by atomic mass is 35.5. The lowest BCUT2D eigenvalue weighted by atomic mass is 10.1. The van der Waals surface area contributed by atoms with Crippen molar-refractivity contribution in [3.63, 3.8) is 0 Å². The Balaban J connectivity index is 1.92. The molecule has 3 rings (SSSR count). The van der Waals surface area contributed by atoms with E-state index in [0.29, 0.717) is 10.7 Å². The topological polar surface area (TPSA) is 94.0 Å². The standard InChI is InChI=1S/C16H9ClF4N4O3S/c17-9-5-6-13(10(7-9)16(19,20)21)25-8-12(22-24-25)15(26)23-29(27,28)14-4-2-1-3-11(14)18/h1-8H,(H,23,26). The van der Waals surface area contributed by atoms with E-state index in [-0.39, 0.29) is 5.02 Å².